The van der Waals surface area contributed by atoms with Crippen LogP contribution < -0.4 is 0 Å². The van der Waals surface area contributed by atoms with E-state index in [2.05, 4.69) is 0 Å². The highest BCUT2D eigenvalue weighted by Gasteiger charge is 2.23. The van der Waals surface area contributed by atoms with Crippen LogP contribution in [0.25, 0.3) is 0 Å². The van der Waals surface area contributed by atoms with E-state index in [0.29, 0.717) is 0 Å². The van der Waals surface area contributed by atoms with Crippen molar-refractivity contribution in [3.63, 3.8) is 0 Å². The van der Waals surface area contributed by atoms with Crippen LogP contribution in [0.15, 0.2) is 16.8 Å². The predicted molar refractivity (Wildman–Crippen MR) is 48.7 cm³/mol. The van der Waals surface area contributed by atoms with Crippen molar-refractivity contribution >= 4 is 11.3 Å². The quantitative estimate of drug-likeness (QED) is 0.687. The van der Waals surface area contributed by atoms with Gasteiger partial charge in [-0.3, -0.25) is 0 Å². The molecule has 1 aromatic heterocycles. The molecule has 0 fully saturated rings. The van der Waals surface area contributed by atoms with Crippen LogP contribution in [0.3, 0.4) is 0 Å². The van der Waals surface area contributed by atoms with Gasteiger partial charge in [0.05, 0.1) is 6.10 Å². The number of aliphatic hydroxyl groups excluding tert-OH is 1. The van der Waals surface area contributed by atoms with Gasteiger partial charge >= 0.3 is 0 Å². The van der Waals surface area contributed by atoms with Crippen LogP contribution in [0.2, 0.25) is 0 Å². The number of hydrogen-bond acceptors (Lipinski definition) is 2. The molecule has 1 nitrogen and oxygen atoms in total. The van der Waals surface area contributed by atoms with E-state index in [1.165, 1.54) is 0 Å². The maximum absolute atomic E-state index is 9.75. The molecule has 0 amide bonds. The third kappa shape index (κ3) is 2.04. The molecule has 0 saturated heterocycles. The largest absolute Gasteiger partial charge is 0.388 e. The van der Waals surface area contributed by atoms with Crippen molar-refractivity contribution in [3.8, 4) is 0 Å². The van der Waals surface area contributed by atoms with Crippen molar-refractivity contribution in [2.45, 2.75) is 26.9 Å². The molecule has 1 unspecified atom stereocenters. The lowest BCUT2D eigenvalue weighted by atomic mass is 9.86. The minimum absolute atomic E-state index is 0.0545. The highest BCUT2D eigenvalue weighted by Crippen LogP contribution is 2.33. The van der Waals surface area contributed by atoms with E-state index in [-0.39, 0.29) is 11.5 Å². The van der Waals surface area contributed by atoms with Gasteiger partial charge in [0, 0.05) is 0 Å². The Balaban J connectivity index is 2.78. The predicted octanol–water partition coefficient (Wildman–Crippen LogP) is 2.83. The summed E-state index contributed by atoms with van der Waals surface area (Å²) in [5.41, 5.74) is 0.976. The summed E-state index contributed by atoms with van der Waals surface area (Å²) >= 11 is 1.62. The fourth-order valence-electron chi connectivity index (χ4n) is 0.931. The lowest BCUT2D eigenvalue weighted by Gasteiger charge is -2.24. The molecule has 1 aromatic rings. The number of aliphatic hydroxyl groups is 1. The molecule has 62 valence electrons. The topological polar surface area (TPSA) is 20.2 Å². The van der Waals surface area contributed by atoms with Crippen LogP contribution in [0, 0.1) is 5.41 Å². The van der Waals surface area contributed by atoms with Gasteiger partial charge in [0.2, 0.25) is 0 Å². The normalized spacial score (nSPS) is 14.9. The number of thiophene rings is 1. The van der Waals surface area contributed by atoms with Gasteiger partial charge in [0.15, 0.2) is 0 Å². The van der Waals surface area contributed by atoms with Crippen LogP contribution >= 0.6 is 11.3 Å². The molecule has 0 aromatic carbocycles. The first-order valence-corrected chi connectivity index (χ1v) is 4.66. The van der Waals surface area contributed by atoms with E-state index in [1.54, 1.807) is 11.3 Å². The molecule has 1 atom stereocenters. The second-order valence-corrected chi connectivity index (χ2v) is 4.61. The molecule has 1 rings (SSSR count). The van der Waals surface area contributed by atoms with Gasteiger partial charge in [0.1, 0.15) is 0 Å². The zero-order valence-electron chi connectivity index (χ0n) is 7.16. The summed E-state index contributed by atoms with van der Waals surface area (Å²) in [4.78, 5) is 0. The molecular formula is C9H14OS. The Hall–Kier alpha value is -0.340. The van der Waals surface area contributed by atoms with Crippen LogP contribution in [-0.4, -0.2) is 5.11 Å². The first-order valence-electron chi connectivity index (χ1n) is 3.72. The van der Waals surface area contributed by atoms with Crippen molar-refractivity contribution in [1.29, 1.82) is 0 Å². The number of rotatable bonds is 1. The zero-order valence-corrected chi connectivity index (χ0v) is 7.98. The molecular weight excluding hydrogens is 156 g/mol. The summed E-state index contributed by atoms with van der Waals surface area (Å²) in [5.74, 6) is 0. The lowest BCUT2D eigenvalue weighted by molar-refractivity contribution is 0.0630. The van der Waals surface area contributed by atoms with Crippen molar-refractivity contribution in [2.24, 2.45) is 5.41 Å². The summed E-state index contributed by atoms with van der Waals surface area (Å²) in [5, 5.41) is 13.7. The molecule has 2 heteroatoms. The Kier molecular flexibility index (Phi) is 2.35. The first-order chi connectivity index (χ1) is 5.02. The maximum atomic E-state index is 9.75. The first kappa shape index (κ1) is 8.75. The molecule has 0 aliphatic rings. The molecule has 0 saturated carbocycles. The highest BCUT2D eigenvalue weighted by molar-refractivity contribution is 7.07. The molecule has 0 aliphatic heterocycles. The van der Waals surface area contributed by atoms with E-state index in [4.69, 9.17) is 0 Å². The van der Waals surface area contributed by atoms with E-state index in [1.807, 2.05) is 37.6 Å². The third-order valence-electron chi connectivity index (χ3n) is 1.68. The van der Waals surface area contributed by atoms with Gasteiger partial charge in [-0.25, -0.2) is 0 Å². The maximum Gasteiger partial charge on any atom is 0.0846 e. The van der Waals surface area contributed by atoms with Gasteiger partial charge < -0.3 is 5.11 Å². The fourth-order valence-corrected chi connectivity index (χ4v) is 1.61. The van der Waals surface area contributed by atoms with E-state index in [0.717, 1.165) is 5.56 Å². The Morgan fingerprint density at radius 1 is 1.45 bits per heavy atom. The Morgan fingerprint density at radius 3 is 2.45 bits per heavy atom. The van der Waals surface area contributed by atoms with Crippen LogP contribution in [0.4, 0.5) is 0 Å². The molecule has 0 bridgehead atoms. The average Bonchev–Trinajstić information content (AvgIpc) is 2.34. The molecule has 1 heterocycles. The van der Waals surface area contributed by atoms with E-state index in [9.17, 15) is 5.11 Å². The molecule has 0 aliphatic carbocycles. The van der Waals surface area contributed by atoms with E-state index < -0.39 is 0 Å². The minimum Gasteiger partial charge on any atom is -0.388 e. The summed E-state index contributed by atoms with van der Waals surface area (Å²) < 4.78 is 0. The summed E-state index contributed by atoms with van der Waals surface area (Å²) in [7, 11) is 0. The Bertz CT molecular complexity index is 208. The SMILES string of the molecule is CC(C)(C)C(O)c1ccsc1. The zero-order chi connectivity index (χ0) is 8.48. The van der Waals surface area contributed by atoms with Gasteiger partial charge in [-0.05, 0) is 27.8 Å². The minimum atomic E-state index is -0.339. The van der Waals surface area contributed by atoms with Crippen LogP contribution in [0.1, 0.15) is 32.4 Å². The van der Waals surface area contributed by atoms with Crippen LogP contribution in [-0.2, 0) is 0 Å². The Labute approximate surface area is 71.7 Å². The lowest BCUT2D eigenvalue weighted by Crippen LogP contribution is -2.16. The summed E-state index contributed by atoms with van der Waals surface area (Å²) in [6, 6.07) is 1.97. The van der Waals surface area contributed by atoms with E-state index >= 15 is 0 Å². The molecule has 0 spiro atoms. The van der Waals surface area contributed by atoms with Gasteiger partial charge in [-0.15, -0.1) is 0 Å². The second-order valence-electron chi connectivity index (χ2n) is 3.83. The van der Waals surface area contributed by atoms with Crippen molar-refractivity contribution in [3.05, 3.63) is 22.4 Å². The van der Waals surface area contributed by atoms with Gasteiger partial charge in [0.25, 0.3) is 0 Å². The Morgan fingerprint density at radius 2 is 2.09 bits per heavy atom. The molecule has 0 radical (unpaired) electrons. The third-order valence-corrected chi connectivity index (χ3v) is 2.38. The smallest absolute Gasteiger partial charge is 0.0846 e. The number of hydrogen-bond donors (Lipinski definition) is 1. The summed E-state index contributed by atoms with van der Waals surface area (Å²) in [6.45, 7) is 6.11. The molecule has 1 N–H and O–H groups in total. The second kappa shape index (κ2) is 2.95. The monoisotopic (exact) mass is 170 g/mol. The van der Waals surface area contributed by atoms with Crippen molar-refractivity contribution in [1.82, 2.24) is 0 Å². The fraction of sp³-hybridized carbons (Fsp3) is 0.556. The van der Waals surface area contributed by atoms with Crippen molar-refractivity contribution in [2.75, 3.05) is 0 Å². The van der Waals surface area contributed by atoms with Crippen molar-refractivity contribution < 1.29 is 5.11 Å². The van der Waals surface area contributed by atoms with Gasteiger partial charge in [-0.2, -0.15) is 11.3 Å². The summed E-state index contributed by atoms with van der Waals surface area (Å²) in [6.07, 6.45) is -0.339. The van der Waals surface area contributed by atoms with Gasteiger partial charge in [-0.1, -0.05) is 20.8 Å². The van der Waals surface area contributed by atoms with Crippen LogP contribution in [0.5, 0.6) is 0 Å². The molecule has 11 heavy (non-hydrogen) atoms. The highest BCUT2D eigenvalue weighted by atomic mass is 32.1. The average molecular weight is 170 g/mol. The standard InChI is InChI=1S/C9H14OS/c1-9(2,3)8(10)7-4-5-11-6-7/h4-6,8,10H,1-3H3.